The van der Waals surface area contributed by atoms with Crippen molar-refractivity contribution in [3.63, 3.8) is 0 Å². The van der Waals surface area contributed by atoms with E-state index < -0.39 is 0 Å². The lowest BCUT2D eigenvalue weighted by molar-refractivity contribution is -0.117. The summed E-state index contributed by atoms with van der Waals surface area (Å²) in [5.41, 5.74) is 4.48. The van der Waals surface area contributed by atoms with Gasteiger partial charge in [-0.2, -0.15) is 0 Å². The number of fused-ring (bicyclic) bond motifs is 3. The minimum atomic E-state index is -0.128. The van der Waals surface area contributed by atoms with Crippen LogP contribution < -0.4 is 5.32 Å². The number of pyridine rings is 1. The van der Waals surface area contributed by atoms with Crippen molar-refractivity contribution in [3.05, 3.63) is 65.7 Å². The molecular formula is C31H36N6O3S. The Kier molecular flexibility index (Phi) is 7.63. The molecule has 0 spiro atoms. The number of carbonyl (C=O) groups excluding carboxylic acids is 1. The summed E-state index contributed by atoms with van der Waals surface area (Å²) < 4.78 is 13.0. The molecule has 0 radical (unpaired) electrons. The molecule has 5 heterocycles. The Morgan fingerprint density at radius 1 is 1.12 bits per heavy atom. The lowest BCUT2D eigenvalue weighted by Crippen LogP contribution is -2.45. The third-order valence-electron chi connectivity index (χ3n) is 7.50. The molecule has 1 aromatic carbocycles. The molecule has 1 saturated heterocycles. The molecule has 0 amide bonds. The van der Waals surface area contributed by atoms with Crippen molar-refractivity contribution in [1.82, 2.24) is 24.4 Å². The molecule has 1 atom stereocenters. The fourth-order valence-electron chi connectivity index (χ4n) is 5.08. The highest BCUT2D eigenvalue weighted by Crippen LogP contribution is 2.29. The molecule has 5 aromatic rings. The first-order chi connectivity index (χ1) is 19.7. The number of nitrogens with zero attached hydrogens (tertiary/aromatic N) is 5. The average Bonchev–Trinajstić information content (AvgIpc) is 3.65. The average molecular weight is 573 g/mol. The number of thiazole rings is 1. The topological polar surface area (TPSA) is 97.8 Å². The summed E-state index contributed by atoms with van der Waals surface area (Å²) in [4.78, 5) is 26.7. The number of morpholine rings is 1. The molecule has 0 unspecified atom stereocenters. The quantitative estimate of drug-likeness (QED) is 0.251. The van der Waals surface area contributed by atoms with Crippen molar-refractivity contribution >= 4 is 38.2 Å². The van der Waals surface area contributed by atoms with Gasteiger partial charge in [-0.25, -0.2) is 9.97 Å². The van der Waals surface area contributed by atoms with Crippen LogP contribution in [-0.4, -0.2) is 69.1 Å². The molecule has 1 N–H and O–H groups in total. The minimum Gasteiger partial charge on any atom is -0.379 e. The molecule has 1 aliphatic heterocycles. The van der Waals surface area contributed by atoms with Gasteiger partial charge in [0.25, 0.3) is 0 Å². The van der Waals surface area contributed by atoms with Gasteiger partial charge in [-0.15, -0.1) is 0 Å². The zero-order chi connectivity index (χ0) is 28.6. The predicted molar refractivity (Wildman–Crippen MR) is 162 cm³/mol. The van der Waals surface area contributed by atoms with Gasteiger partial charge in [-0.1, -0.05) is 61.5 Å². The number of nitrogens with one attached hydrogen (secondary N) is 1. The van der Waals surface area contributed by atoms with Crippen molar-refractivity contribution in [2.45, 2.75) is 52.0 Å². The first-order valence-corrected chi connectivity index (χ1v) is 15.0. The molecule has 0 aliphatic carbocycles. The van der Waals surface area contributed by atoms with E-state index in [0.717, 1.165) is 76.6 Å². The van der Waals surface area contributed by atoms with E-state index in [4.69, 9.17) is 19.2 Å². The first kappa shape index (κ1) is 27.6. The summed E-state index contributed by atoms with van der Waals surface area (Å²) in [5, 5.41) is 7.54. The molecule has 214 valence electrons. The monoisotopic (exact) mass is 572 g/mol. The Morgan fingerprint density at radius 3 is 2.71 bits per heavy atom. The Balaban J connectivity index is 1.08. The number of rotatable bonds is 9. The lowest BCUT2D eigenvalue weighted by Gasteiger charge is -2.33. The van der Waals surface area contributed by atoms with Crippen LogP contribution >= 0.6 is 11.3 Å². The normalized spacial score (nSPS) is 16.5. The van der Waals surface area contributed by atoms with Gasteiger partial charge in [-0.3, -0.25) is 14.1 Å². The second kappa shape index (κ2) is 11.3. The van der Waals surface area contributed by atoms with Crippen molar-refractivity contribution in [3.8, 4) is 11.3 Å². The fourth-order valence-corrected chi connectivity index (χ4v) is 6.06. The molecule has 1 fully saturated rings. The smallest absolute Gasteiger partial charge is 0.196 e. The summed E-state index contributed by atoms with van der Waals surface area (Å²) in [6, 6.07) is 14.5. The van der Waals surface area contributed by atoms with Gasteiger partial charge >= 0.3 is 0 Å². The number of carbonyl (C=O) groups is 1. The maximum Gasteiger partial charge on any atom is 0.196 e. The van der Waals surface area contributed by atoms with E-state index >= 15 is 0 Å². The Hall–Kier alpha value is -3.60. The summed E-state index contributed by atoms with van der Waals surface area (Å²) in [7, 11) is 0. The molecule has 9 nitrogen and oxygen atoms in total. The van der Waals surface area contributed by atoms with Gasteiger partial charge in [0.2, 0.25) is 0 Å². The summed E-state index contributed by atoms with van der Waals surface area (Å²) in [6.45, 7) is 12.8. The van der Waals surface area contributed by atoms with Gasteiger partial charge in [-0.05, 0) is 24.6 Å². The number of imidazole rings is 1. The van der Waals surface area contributed by atoms with Gasteiger partial charge in [0.1, 0.15) is 22.2 Å². The number of hydrogen-bond acceptors (Lipinski definition) is 9. The molecule has 1 aliphatic rings. The second-order valence-corrected chi connectivity index (χ2v) is 12.8. The number of ketones is 1. The molecular weight excluding hydrogens is 536 g/mol. The summed E-state index contributed by atoms with van der Waals surface area (Å²) >= 11 is 1.58. The molecule has 10 heteroatoms. The molecule has 4 aromatic heterocycles. The zero-order valence-electron chi connectivity index (χ0n) is 24.0. The van der Waals surface area contributed by atoms with E-state index in [1.807, 2.05) is 36.4 Å². The highest BCUT2D eigenvalue weighted by atomic mass is 32.1. The van der Waals surface area contributed by atoms with Crippen LogP contribution in [0.15, 0.2) is 53.2 Å². The van der Waals surface area contributed by atoms with Crippen LogP contribution in [0.4, 0.5) is 5.82 Å². The number of Topliss-reactive ketones (excluding diaryl/α,β-unsaturated/α-hetero) is 1. The Bertz CT molecular complexity index is 1660. The van der Waals surface area contributed by atoms with Crippen LogP contribution in [-0.2, 0) is 27.8 Å². The van der Waals surface area contributed by atoms with E-state index in [2.05, 4.69) is 59.7 Å². The van der Waals surface area contributed by atoms with E-state index in [0.29, 0.717) is 18.2 Å². The van der Waals surface area contributed by atoms with Crippen LogP contribution in [0.2, 0.25) is 0 Å². The number of aromatic nitrogens is 4. The summed E-state index contributed by atoms with van der Waals surface area (Å²) in [6.07, 6.45) is 2.68. The van der Waals surface area contributed by atoms with E-state index in [9.17, 15) is 4.79 Å². The Morgan fingerprint density at radius 2 is 1.95 bits per heavy atom. The van der Waals surface area contributed by atoms with Gasteiger partial charge in [0.05, 0.1) is 36.5 Å². The number of anilines is 1. The van der Waals surface area contributed by atoms with Crippen LogP contribution in [0.5, 0.6) is 0 Å². The largest absolute Gasteiger partial charge is 0.379 e. The highest BCUT2D eigenvalue weighted by molar-refractivity contribution is 7.23. The fraction of sp³-hybridized carbons (Fsp3) is 0.419. The maximum absolute atomic E-state index is 12.7. The highest BCUT2D eigenvalue weighted by Gasteiger charge is 2.21. The lowest BCUT2D eigenvalue weighted by atomic mass is 9.93. The van der Waals surface area contributed by atoms with Crippen LogP contribution in [0.3, 0.4) is 0 Å². The zero-order valence-corrected chi connectivity index (χ0v) is 24.8. The SMILES string of the molecule is C[C@H]1COCCN1CCNc1ccc2c(n1)sc1nc(-c3ccc(CC(=O)Cc4cc(C(C)(C)C)on4)cc3)cn12. The van der Waals surface area contributed by atoms with Gasteiger partial charge < -0.3 is 14.6 Å². The van der Waals surface area contributed by atoms with E-state index in [-0.39, 0.29) is 17.6 Å². The molecule has 6 rings (SSSR count). The minimum absolute atomic E-state index is 0.109. The molecule has 0 bridgehead atoms. The van der Waals surface area contributed by atoms with Crippen molar-refractivity contribution in [2.75, 3.05) is 38.2 Å². The van der Waals surface area contributed by atoms with E-state index in [1.165, 1.54) is 0 Å². The van der Waals surface area contributed by atoms with Crippen LogP contribution in [0.25, 0.3) is 26.6 Å². The van der Waals surface area contributed by atoms with Crippen molar-refractivity contribution < 1.29 is 14.1 Å². The number of ether oxygens (including phenoxy) is 1. The third-order valence-corrected chi connectivity index (χ3v) is 8.46. The van der Waals surface area contributed by atoms with Crippen LogP contribution in [0, 0.1) is 0 Å². The van der Waals surface area contributed by atoms with E-state index in [1.54, 1.807) is 11.3 Å². The van der Waals surface area contributed by atoms with Gasteiger partial charge in [0.15, 0.2) is 4.96 Å². The first-order valence-electron chi connectivity index (χ1n) is 14.1. The third kappa shape index (κ3) is 6.19. The number of benzene rings is 1. The Labute approximate surface area is 243 Å². The van der Waals surface area contributed by atoms with Crippen molar-refractivity contribution in [2.24, 2.45) is 0 Å². The maximum atomic E-state index is 12.7. The second-order valence-electron chi connectivity index (χ2n) is 11.8. The van der Waals surface area contributed by atoms with Crippen molar-refractivity contribution in [1.29, 1.82) is 0 Å². The standard InChI is InChI=1S/C31H36N6O3S/c1-20-19-39-14-13-36(20)12-11-32-28-10-9-26-29(34-28)41-30-33-25(18-37(26)30)22-7-5-21(6-8-22)15-24(38)16-23-17-27(40-35-23)31(2,3)4/h5-10,17-18,20H,11-16,19H2,1-4H3,(H,32,34)/t20-/m0/s1. The molecule has 41 heavy (non-hydrogen) atoms. The van der Waals surface area contributed by atoms with Gasteiger partial charge in [0, 0.05) is 55.3 Å². The van der Waals surface area contributed by atoms with Crippen LogP contribution in [0.1, 0.15) is 44.7 Å². The molecule has 0 saturated carbocycles. The summed E-state index contributed by atoms with van der Waals surface area (Å²) in [5.74, 6) is 1.78. The predicted octanol–water partition coefficient (Wildman–Crippen LogP) is 5.38. The number of hydrogen-bond donors (Lipinski definition) is 1.